The van der Waals surface area contributed by atoms with E-state index in [0.29, 0.717) is 11.1 Å². The number of fused-ring (bicyclic) bond motifs is 1. The van der Waals surface area contributed by atoms with Crippen molar-refractivity contribution in [1.82, 2.24) is 9.21 Å². The van der Waals surface area contributed by atoms with Crippen LogP contribution in [-0.4, -0.2) is 54.6 Å². The van der Waals surface area contributed by atoms with Gasteiger partial charge in [-0.3, -0.25) is 14.9 Å². The molecule has 0 atom stereocenters. The summed E-state index contributed by atoms with van der Waals surface area (Å²) < 4.78 is 27.4. The summed E-state index contributed by atoms with van der Waals surface area (Å²) in [7, 11) is -3.88. The van der Waals surface area contributed by atoms with E-state index in [1.165, 1.54) is 27.6 Å². The van der Waals surface area contributed by atoms with Gasteiger partial charge >= 0.3 is 0 Å². The summed E-state index contributed by atoms with van der Waals surface area (Å²) in [6.07, 6.45) is 3.16. The third-order valence-corrected chi connectivity index (χ3v) is 7.91. The third-order valence-electron chi connectivity index (χ3n) is 5.87. The molecule has 30 heavy (non-hydrogen) atoms. The minimum absolute atomic E-state index is 0.0601. The largest absolute Gasteiger partial charge is 0.336 e. The number of amides is 1. The first-order valence-electron chi connectivity index (χ1n) is 9.93. The Hall–Kier alpha value is -2.78. The van der Waals surface area contributed by atoms with Crippen LogP contribution in [0.15, 0.2) is 41.3 Å². The van der Waals surface area contributed by atoms with Crippen LogP contribution in [0.4, 0.5) is 5.69 Å². The summed E-state index contributed by atoms with van der Waals surface area (Å²) in [5.41, 5.74) is 3.36. The van der Waals surface area contributed by atoms with Gasteiger partial charge in [0, 0.05) is 43.9 Å². The van der Waals surface area contributed by atoms with Crippen LogP contribution in [0, 0.1) is 17.0 Å². The molecular formula is C21H23N3O5S. The minimum atomic E-state index is -3.88. The zero-order chi connectivity index (χ0) is 21.5. The molecule has 0 radical (unpaired) electrons. The number of benzene rings is 2. The fraction of sp³-hybridized carbons (Fsp3) is 0.381. The molecule has 2 aromatic rings. The van der Waals surface area contributed by atoms with Gasteiger partial charge in [0.15, 0.2) is 0 Å². The number of piperazine rings is 1. The summed E-state index contributed by atoms with van der Waals surface area (Å²) in [5.74, 6) is -0.0896. The number of non-ortho nitro benzene ring substituents is 1. The van der Waals surface area contributed by atoms with Crippen molar-refractivity contribution in [2.75, 3.05) is 26.2 Å². The molecule has 1 aliphatic carbocycles. The van der Waals surface area contributed by atoms with E-state index in [9.17, 15) is 23.3 Å². The van der Waals surface area contributed by atoms with Crippen molar-refractivity contribution >= 4 is 21.6 Å². The van der Waals surface area contributed by atoms with E-state index in [2.05, 4.69) is 0 Å². The molecular weight excluding hydrogens is 406 g/mol. The predicted molar refractivity (Wildman–Crippen MR) is 111 cm³/mol. The second-order valence-corrected chi connectivity index (χ2v) is 9.65. The molecule has 1 aliphatic heterocycles. The molecule has 158 valence electrons. The lowest BCUT2D eigenvalue weighted by Gasteiger charge is -2.34. The fourth-order valence-electron chi connectivity index (χ4n) is 4.14. The Kier molecular flexibility index (Phi) is 5.33. The second-order valence-electron chi connectivity index (χ2n) is 7.74. The van der Waals surface area contributed by atoms with Gasteiger partial charge in [0.1, 0.15) is 0 Å². The Bertz CT molecular complexity index is 1120. The number of rotatable bonds is 4. The van der Waals surface area contributed by atoms with E-state index < -0.39 is 14.9 Å². The maximum absolute atomic E-state index is 13.1. The highest BCUT2D eigenvalue weighted by Gasteiger charge is 2.32. The Morgan fingerprint density at radius 3 is 2.40 bits per heavy atom. The van der Waals surface area contributed by atoms with Gasteiger partial charge in [-0.15, -0.1) is 0 Å². The molecule has 2 aliphatic rings. The van der Waals surface area contributed by atoms with Crippen molar-refractivity contribution in [1.29, 1.82) is 0 Å². The molecule has 9 heteroatoms. The predicted octanol–water partition coefficient (Wildman–Crippen LogP) is 2.54. The van der Waals surface area contributed by atoms with E-state index in [4.69, 9.17) is 0 Å². The van der Waals surface area contributed by atoms with Crippen LogP contribution in [0.1, 0.15) is 33.5 Å². The van der Waals surface area contributed by atoms with Gasteiger partial charge < -0.3 is 4.90 Å². The lowest BCUT2D eigenvalue weighted by atomic mass is 10.1. The van der Waals surface area contributed by atoms with Crippen molar-refractivity contribution in [2.24, 2.45) is 0 Å². The van der Waals surface area contributed by atoms with Crippen molar-refractivity contribution in [3.63, 3.8) is 0 Å². The highest BCUT2D eigenvalue weighted by molar-refractivity contribution is 7.89. The van der Waals surface area contributed by atoms with Crippen LogP contribution in [0.2, 0.25) is 0 Å². The molecule has 1 saturated heterocycles. The summed E-state index contributed by atoms with van der Waals surface area (Å²) >= 11 is 0. The molecule has 2 aromatic carbocycles. The van der Waals surface area contributed by atoms with E-state index >= 15 is 0 Å². The Labute approximate surface area is 175 Å². The highest BCUT2D eigenvalue weighted by atomic mass is 32.2. The normalized spacial score (nSPS) is 17.0. The first-order chi connectivity index (χ1) is 14.3. The second kappa shape index (κ2) is 7.81. The van der Waals surface area contributed by atoms with Crippen LogP contribution in [0.25, 0.3) is 0 Å². The standard InChI is InChI=1S/C21H23N3O5S/c1-15-5-8-19(24(26)27)14-20(15)30(28,29)23-11-9-22(10-12-23)21(25)18-7-6-16-3-2-4-17(16)13-18/h5-8,13-14H,2-4,9-12H2,1H3. The van der Waals surface area contributed by atoms with Crippen LogP contribution < -0.4 is 0 Å². The molecule has 1 heterocycles. The number of nitro benzene ring substituents is 1. The molecule has 0 bridgehead atoms. The van der Waals surface area contributed by atoms with Gasteiger partial charge in [-0.1, -0.05) is 12.1 Å². The van der Waals surface area contributed by atoms with E-state index in [1.807, 2.05) is 18.2 Å². The van der Waals surface area contributed by atoms with Crippen molar-refractivity contribution < 1.29 is 18.1 Å². The summed E-state index contributed by atoms with van der Waals surface area (Å²) in [5, 5.41) is 11.0. The fourth-order valence-corrected chi connectivity index (χ4v) is 5.81. The molecule has 1 fully saturated rings. The average molecular weight is 429 g/mol. The van der Waals surface area contributed by atoms with Gasteiger partial charge in [-0.05, 0) is 55.0 Å². The maximum Gasteiger partial charge on any atom is 0.270 e. The number of sulfonamides is 1. The number of hydrogen-bond donors (Lipinski definition) is 0. The third kappa shape index (κ3) is 3.70. The number of aryl methyl sites for hydroxylation is 3. The number of hydrogen-bond acceptors (Lipinski definition) is 5. The molecule has 1 amide bonds. The molecule has 4 rings (SSSR count). The number of carbonyl (C=O) groups is 1. The molecule has 8 nitrogen and oxygen atoms in total. The van der Waals surface area contributed by atoms with Crippen molar-refractivity contribution in [3.05, 3.63) is 68.8 Å². The van der Waals surface area contributed by atoms with Gasteiger partial charge in [0.25, 0.3) is 11.6 Å². The van der Waals surface area contributed by atoms with Crippen LogP contribution in [0.5, 0.6) is 0 Å². The summed E-state index contributed by atoms with van der Waals surface area (Å²) in [6.45, 7) is 2.48. The summed E-state index contributed by atoms with van der Waals surface area (Å²) in [4.78, 5) is 24.9. The lowest BCUT2D eigenvalue weighted by molar-refractivity contribution is -0.385. The summed E-state index contributed by atoms with van der Waals surface area (Å²) in [6, 6.07) is 9.66. The van der Waals surface area contributed by atoms with Crippen molar-refractivity contribution in [3.8, 4) is 0 Å². The first-order valence-corrected chi connectivity index (χ1v) is 11.4. The first kappa shape index (κ1) is 20.5. The maximum atomic E-state index is 13.1. The van der Waals surface area contributed by atoms with Crippen LogP contribution in [0.3, 0.4) is 0 Å². The van der Waals surface area contributed by atoms with Gasteiger partial charge in [-0.2, -0.15) is 4.31 Å². The number of carbonyl (C=O) groups excluding carboxylic acids is 1. The Morgan fingerprint density at radius 1 is 1.00 bits per heavy atom. The zero-order valence-corrected chi connectivity index (χ0v) is 17.5. The molecule has 0 saturated carbocycles. The smallest absolute Gasteiger partial charge is 0.270 e. The molecule has 0 aromatic heterocycles. The lowest BCUT2D eigenvalue weighted by Crippen LogP contribution is -2.50. The number of nitrogens with zero attached hydrogens (tertiary/aromatic N) is 3. The quantitative estimate of drug-likeness (QED) is 0.549. The average Bonchev–Trinajstić information content (AvgIpc) is 3.21. The molecule has 0 N–H and O–H groups in total. The zero-order valence-electron chi connectivity index (χ0n) is 16.7. The molecule has 0 unspecified atom stereocenters. The van der Waals surface area contributed by atoms with Crippen LogP contribution >= 0.6 is 0 Å². The van der Waals surface area contributed by atoms with Crippen molar-refractivity contribution in [2.45, 2.75) is 31.1 Å². The van der Waals surface area contributed by atoms with E-state index in [-0.39, 0.29) is 42.7 Å². The SMILES string of the molecule is Cc1ccc([N+](=O)[O-])cc1S(=O)(=O)N1CCN(C(=O)c2ccc3c(c2)CCC3)CC1. The number of nitro groups is 1. The Morgan fingerprint density at radius 2 is 1.70 bits per heavy atom. The topological polar surface area (TPSA) is 101 Å². The van der Waals surface area contributed by atoms with E-state index in [0.717, 1.165) is 25.3 Å². The Balaban J connectivity index is 1.48. The van der Waals surface area contributed by atoms with E-state index in [1.54, 1.807) is 11.8 Å². The molecule has 0 spiro atoms. The van der Waals surface area contributed by atoms with Gasteiger partial charge in [0.05, 0.1) is 9.82 Å². The highest BCUT2D eigenvalue weighted by Crippen LogP contribution is 2.27. The monoisotopic (exact) mass is 429 g/mol. The van der Waals surface area contributed by atoms with Gasteiger partial charge in [-0.25, -0.2) is 8.42 Å². The van der Waals surface area contributed by atoms with Crippen LogP contribution in [-0.2, 0) is 22.9 Å². The minimum Gasteiger partial charge on any atom is -0.336 e. The van der Waals surface area contributed by atoms with Gasteiger partial charge in [0.2, 0.25) is 10.0 Å².